The van der Waals surface area contributed by atoms with E-state index >= 15 is 0 Å². The molecule has 0 spiro atoms. The molecule has 2 bridgehead atoms. The molecule has 1 saturated heterocycles. The van der Waals surface area contributed by atoms with Crippen molar-refractivity contribution in [1.29, 1.82) is 0 Å². The van der Waals surface area contributed by atoms with E-state index in [0.717, 1.165) is 30.3 Å². The molecule has 1 fully saturated rings. The Morgan fingerprint density at radius 3 is 2.50 bits per heavy atom. The molecule has 5 rings (SSSR count). The van der Waals surface area contributed by atoms with Crippen LogP contribution in [0.1, 0.15) is 46.9 Å². The molecule has 2 atom stereocenters. The summed E-state index contributed by atoms with van der Waals surface area (Å²) in [6.45, 7) is 0. The standard InChI is InChI=1S/C22H17ClF4N4O/c1-30-21(10-5-14(24)19(27)15(25)6-10)12-7-11-3-2-4-17(20(12)29-30)31(11)22(32)18-13(23)8-28-9-16(18)26/h5-6,8-9,11,17H,2-4,7H2,1H3/t11-,17+/m0/s1. The number of fused-ring (bicyclic) bond motifs is 4. The van der Waals surface area contributed by atoms with Gasteiger partial charge in [0, 0.05) is 30.4 Å². The number of carbonyl (C=O) groups excluding carboxylic acids is 1. The molecule has 4 heterocycles. The fourth-order valence-electron chi connectivity index (χ4n) is 4.95. The van der Waals surface area contributed by atoms with Crippen molar-refractivity contribution >= 4 is 17.5 Å². The largest absolute Gasteiger partial charge is 0.326 e. The lowest BCUT2D eigenvalue weighted by molar-refractivity contribution is 0.0387. The molecule has 0 unspecified atom stereocenters. The van der Waals surface area contributed by atoms with E-state index < -0.39 is 35.2 Å². The molecule has 2 aromatic heterocycles. The zero-order chi connectivity index (χ0) is 22.7. The highest BCUT2D eigenvalue weighted by Crippen LogP contribution is 2.45. The lowest BCUT2D eigenvalue weighted by Crippen LogP contribution is -2.50. The average molecular weight is 465 g/mol. The predicted molar refractivity (Wildman–Crippen MR) is 108 cm³/mol. The third-order valence-corrected chi connectivity index (χ3v) is 6.52. The van der Waals surface area contributed by atoms with E-state index in [-0.39, 0.29) is 22.2 Å². The summed E-state index contributed by atoms with van der Waals surface area (Å²) in [5, 5.41) is 4.47. The van der Waals surface area contributed by atoms with Crippen LogP contribution in [0.4, 0.5) is 17.6 Å². The van der Waals surface area contributed by atoms with Crippen molar-refractivity contribution in [3.63, 3.8) is 0 Å². The normalized spacial score (nSPS) is 19.8. The van der Waals surface area contributed by atoms with Gasteiger partial charge in [0.1, 0.15) is 0 Å². The fraction of sp³-hybridized carbons (Fsp3) is 0.318. The fourth-order valence-corrected chi connectivity index (χ4v) is 5.17. The van der Waals surface area contributed by atoms with Crippen LogP contribution >= 0.6 is 11.6 Å². The smallest absolute Gasteiger partial charge is 0.259 e. The van der Waals surface area contributed by atoms with Gasteiger partial charge in [0.05, 0.1) is 34.2 Å². The van der Waals surface area contributed by atoms with Crippen molar-refractivity contribution < 1.29 is 22.4 Å². The Morgan fingerprint density at radius 1 is 1.09 bits per heavy atom. The minimum Gasteiger partial charge on any atom is -0.326 e. The van der Waals surface area contributed by atoms with Crippen molar-refractivity contribution in [3.8, 4) is 11.3 Å². The van der Waals surface area contributed by atoms with Crippen LogP contribution < -0.4 is 0 Å². The van der Waals surface area contributed by atoms with Crippen LogP contribution in [0.25, 0.3) is 11.3 Å². The van der Waals surface area contributed by atoms with Crippen molar-refractivity contribution in [3.05, 3.63) is 69.6 Å². The highest BCUT2D eigenvalue weighted by Gasteiger charge is 2.44. The van der Waals surface area contributed by atoms with Crippen molar-refractivity contribution in [1.82, 2.24) is 19.7 Å². The summed E-state index contributed by atoms with van der Waals surface area (Å²) in [5.74, 6) is -5.45. The summed E-state index contributed by atoms with van der Waals surface area (Å²) in [6.07, 6.45) is 4.65. The summed E-state index contributed by atoms with van der Waals surface area (Å²) in [7, 11) is 1.63. The maximum atomic E-state index is 14.4. The third-order valence-electron chi connectivity index (χ3n) is 6.23. The van der Waals surface area contributed by atoms with Crippen LogP contribution in [0.15, 0.2) is 24.5 Å². The van der Waals surface area contributed by atoms with E-state index in [4.69, 9.17) is 11.6 Å². The number of aryl methyl sites for hydroxylation is 1. The topological polar surface area (TPSA) is 51.0 Å². The molecule has 1 amide bonds. The van der Waals surface area contributed by atoms with Crippen LogP contribution in [0.5, 0.6) is 0 Å². The SMILES string of the molecule is Cn1nc2c(c1-c1cc(F)c(F)c(F)c1)C[C@@H]1CCC[C@H]2N1C(=O)c1c(F)cncc1Cl. The molecule has 2 aliphatic rings. The van der Waals surface area contributed by atoms with Crippen LogP contribution in [-0.2, 0) is 13.5 Å². The summed E-state index contributed by atoms with van der Waals surface area (Å²) in [5.41, 5.74) is 1.73. The Hall–Kier alpha value is -2.94. The molecule has 32 heavy (non-hydrogen) atoms. The number of carbonyl (C=O) groups is 1. The Bertz CT molecular complexity index is 1220. The number of benzene rings is 1. The molecule has 3 aromatic rings. The lowest BCUT2D eigenvalue weighted by Gasteiger charge is -2.45. The first-order valence-corrected chi connectivity index (χ1v) is 10.5. The van der Waals surface area contributed by atoms with Crippen LogP contribution in [0, 0.1) is 23.3 Å². The number of aromatic nitrogens is 3. The van der Waals surface area contributed by atoms with Gasteiger partial charge >= 0.3 is 0 Å². The molecule has 2 aliphatic heterocycles. The number of halogens is 5. The van der Waals surface area contributed by atoms with Gasteiger partial charge in [-0.3, -0.25) is 14.5 Å². The van der Waals surface area contributed by atoms with E-state index in [0.29, 0.717) is 30.7 Å². The summed E-state index contributed by atoms with van der Waals surface area (Å²) >= 11 is 6.08. The van der Waals surface area contributed by atoms with Crippen LogP contribution in [0.2, 0.25) is 5.02 Å². The minimum absolute atomic E-state index is 0.0714. The van der Waals surface area contributed by atoms with Gasteiger partial charge in [0.15, 0.2) is 23.3 Å². The number of piperidine rings is 1. The van der Waals surface area contributed by atoms with Gasteiger partial charge in [-0.25, -0.2) is 17.6 Å². The zero-order valence-corrected chi connectivity index (χ0v) is 17.6. The number of rotatable bonds is 2. The van der Waals surface area contributed by atoms with E-state index in [2.05, 4.69) is 10.1 Å². The number of pyridine rings is 1. The second kappa shape index (κ2) is 7.58. The van der Waals surface area contributed by atoms with Crippen LogP contribution in [0.3, 0.4) is 0 Å². The molecule has 10 heteroatoms. The van der Waals surface area contributed by atoms with Gasteiger partial charge in [-0.2, -0.15) is 5.10 Å². The average Bonchev–Trinajstić information content (AvgIpc) is 3.06. The molecule has 0 N–H and O–H groups in total. The second-order valence-corrected chi connectivity index (χ2v) is 8.49. The maximum Gasteiger partial charge on any atom is 0.259 e. The molecular weight excluding hydrogens is 448 g/mol. The lowest BCUT2D eigenvalue weighted by atomic mass is 9.81. The Kier molecular flexibility index (Phi) is 4.96. The first kappa shape index (κ1) is 20.9. The van der Waals surface area contributed by atoms with Gasteiger partial charge < -0.3 is 4.90 Å². The highest BCUT2D eigenvalue weighted by molar-refractivity contribution is 6.33. The van der Waals surface area contributed by atoms with Crippen molar-refractivity contribution in [2.24, 2.45) is 7.05 Å². The van der Waals surface area contributed by atoms with Gasteiger partial charge in [0.2, 0.25) is 0 Å². The summed E-state index contributed by atoms with van der Waals surface area (Å²) in [4.78, 5) is 18.6. The molecule has 1 aromatic carbocycles. The van der Waals surface area contributed by atoms with E-state index in [9.17, 15) is 22.4 Å². The quantitative estimate of drug-likeness (QED) is 0.397. The van der Waals surface area contributed by atoms with Gasteiger partial charge in [-0.15, -0.1) is 0 Å². The van der Waals surface area contributed by atoms with E-state index in [1.54, 1.807) is 11.9 Å². The minimum atomic E-state index is -1.53. The van der Waals surface area contributed by atoms with Crippen LogP contribution in [-0.4, -0.2) is 31.6 Å². The zero-order valence-electron chi connectivity index (χ0n) is 16.9. The molecule has 5 nitrogen and oxygen atoms in total. The molecule has 0 aliphatic carbocycles. The van der Waals surface area contributed by atoms with Gasteiger partial charge in [0.25, 0.3) is 5.91 Å². The van der Waals surface area contributed by atoms with Gasteiger partial charge in [-0.1, -0.05) is 11.6 Å². The summed E-state index contributed by atoms with van der Waals surface area (Å²) in [6, 6.07) is 1.17. The Balaban J connectivity index is 1.62. The highest BCUT2D eigenvalue weighted by atomic mass is 35.5. The van der Waals surface area contributed by atoms with E-state index in [1.807, 2.05) is 0 Å². The first-order valence-electron chi connectivity index (χ1n) is 10.1. The van der Waals surface area contributed by atoms with Crippen molar-refractivity contribution in [2.75, 3.05) is 0 Å². The Labute approximate surface area is 185 Å². The molecule has 0 radical (unpaired) electrons. The third kappa shape index (κ3) is 3.09. The molecular formula is C22H17ClF4N4O. The number of nitrogens with zero attached hydrogens (tertiary/aromatic N) is 4. The molecule has 166 valence electrons. The Morgan fingerprint density at radius 2 is 1.81 bits per heavy atom. The maximum absolute atomic E-state index is 14.4. The summed E-state index contributed by atoms with van der Waals surface area (Å²) < 4.78 is 57.2. The number of hydrogen-bond acceptors (Lipinski definition) is 3. The molecule has 0 saturated carbocycles. The van der Waals surface area contributed by atoms with Gasteiger partial charge in [-0.05, 0) is 37.8 Å². The monoisotopic (exact) mass is 464 g/mol. The van der Waals surface area contributed by atoms with Crippen molar-refractivity contribution in [2.45, 2.75) is 37.8 Å². The second-order valence-electron chi connectivity index (χ2n) is 8.09. The first-order chi connectivity index (χ1) is 15.3. The predicted octanol–water partition coefficient (Wildman–Crippen LogP) is 4.98. The number of hydrogen-bond donors (Lipinski definition) is 0. The van der Waals surface area contributed by atoms with E-state index in [1.165, 1.54) is 10.9 Å². The number of amides is 1.